The zero-order valence-corrected chi connectivity index (χ0v) is 19.1. The molecule has 1 fully saturated rings. The molecule has 31 heavy (non-hydrogen) atoms. The Morgan fingerprint density at radius 2 is 1.84 bits per heavy atom. The molecule has 0 bridgehead atoms. The van der Waals surface area contributed by atoms with E-state index in [4.69, 9.17) is 4.74 Å². The number of ether oxygens (including phenoxy) is 1. The summed E-state index contributed by atoms with van der Waals surface area (Å²) in [6, 6.07) is 17.1. The van der Waals surface area contributed by atoms with Crippen LogP contribution in [0.15, 0.2) is 65.7 Å². The van der Waals surface area contributed by atoms with Gasteiger partial charge in [-0.3, -0.25) is 4.90 Å². The molecule has 0 radical (unpaired) electrons. The van der Waals surface area contributed by atoms with Crippen molar-refractivity contribution in [1.82, 2.24) is 14.2 Å². The van der Waals surface area contributed by atoms with Crippen LogP contribution in [0, 0.1) is 0 Å². The van der Waals surface area contributed by atoms with Gasteiger partial charge in [0.05, 0.1) is 4.90 Å². The highest BCUT2D eigenvalue weighted by Gasteiger charge is 2.41. The predicted molar refractivity (Wildman–Crippen MR) is 123 cm³/mol. The maximum atomic E-state index is 13.1. The van der Waals surface area contributed by atoms with Gasteiger partial charge in [0.15, 0.2) is 0 Å². The molecule has 1 atom stereocenters. The Balaban J connectivity index is 1.56. The maximum Gasteiger partial charge on any atom is 0.241 e. The van der Waals surface area contributed by atoms with E-state index in [2.05, 4.69) is 51.6 Å². The van der Waals surface area contributed by atoms with Gasteiger partial charge in [-0.2, -0.15) is 0 Å². The van der Waals surface area contributed by atoms with Crippen LogP contribution < -0.4 is 4.72 Å². The second kappa shape index (κ2) is 9.12. The summed E-state index contributed by atoms with van der Waals surface area (Å²) >= 11 is 0. The number of nitrogens with one attached hydrogen (secondary N) is 1. The standard InChI is InChI=1S/C24H31N3O3S/c1-3-27-18-20(22-11-7-8-12-23(22)27)17-26-15-13-24(19-26,14-16-30-2)25-31(28,29)21-9-5-4-6-10-21/h4-12,18,25H,3,13-17,19H2,1-2H3. The summed E-state index contributed by atoms with van der Waals surface area (Å²) in [5.74, 6) is 0. The smallest absolute Gasteiger partial charge is 0.241 e. The number of hydrogen-bond donors (Lipinski definition) is 1. The number of para-hydroxylation sites is 1. The van der Waals surface area contributed by atoms with E-state index in [9.17, 15) is 8.42 Å². The molecule has 1 aliphatic rings. The van der Waals surface area contributed by atoms with Gasteiger partial charge in [-0.25, -0.2) is 13.1 Å². The molecule has 2 aromatic carbocycles. The molecule has 0 spiro atoms. The molecule has 3 aromatic rings. The molecule has 0 aliphatic carbocycles. The lowest BCUT2D eigenvalue weighted by Crippen LogP contribution is -2.50. The van der Waals surface area contributed by atoms with Crippen LogP contribution in [0.1, 0.15) is 25.3 Å². The van der Waals surface area contributed by atoms with Gasteiger partial charge >= 0.3 is 0 Å². The summed E-state index contributed by atoms with van der Waals surface area (Å²) in [6.07, 6.45) is 3.63. The fourth-order valence-electron chi connectivity index (χ4n) is 4.62. The highest BCUT2D eigenvalue weighted by Crippen LogP contribution is 2.30. The van der Waals surface area contributed by atoms with Crippen molar-refractivity contribution in [3.63, 3.8) is 0 Å². The zero-order chi connectivity index (χ0) is 21.9. The van der Waals surface area contributed by atoms with Gasteiger partial charge in [-0.05, 0) is 43.5 Å². The van der Waals surface area contributed by atoms with Crippen LogP contribution in [0.4, 0.5) is 0 Å². The first-order chi connectivity index (χ1) is 15.0. The van der Waals surface area contributed by atoms with E-state index in [-0.39, 0.29) is 0 Å². The van der Waals surface area contributed by atoms with Crippen molar-refractivity contribution in [2.45, 2.75) is 43.3 Å². The Morgan fingerprint density at radius 1 is 1.10 bits per heavy atom. The average Bonchev–Trinajstić information content (AvgIpc) is 3.34. The molecule has 2 heterocycles. The number of methoxy groups -OCH3 is 1. The molecule has 0 saturated carbocycles. The number of nitrogens with zero attached hydrogens (tertiary/aromatic N) is 2. The molecule has 4 rings (SSSR count). The Morgan fingerprint density at radius 3 is 2.58 bits per heavy atom. The van der Waals surface area contributed by atoms with E-state index in [0.29, 0.717) is 24.5 Å². The van der Waals surface area contributed by atoms with Crippen molar-refractivity contribution >= 4 is 20.9 Å². The van der Waals surface area contributed by atoms with E-state index >= 15 is 0 Å². The van der Waals surface area contributed by atoms with E-state index in [1.165, 1.54) is 16.5 Å². The highest BCUT2D eigenvalue weighted by atomic mass is 32.2. The molecule has 1 aliphatic heterocycles. The van der Waals surface area contributed by atoms with E-state index in [0.717, 1.165) is 26.1 Å². The monoisotopic (exact) mass is 441 g/mol. The molecule has 1 saturated heterocycles. The molecule has 0 amide bonds. The summed E-state index contributed by atoms with van der Waals surface area (Å²) in [5.41, 5.74) is 1.99. The average molecular weight is 442 g/mol. The Labute approximate surface area is 184 Å². The molecule has 7 heteroatoms. The Kier molecular flexibility index (Phi) is 6.48. The first kappa shape index (κ1) is 22.0. The molecular formula is C24H31N3O3S. The number of likely N-dealkylation sites (tertiary alicyclic amines) is 1. The van der Waals surface area contributed by atoms with Crippen LogP contribution in [-0.4, -0.2) is 50.2 Å². The lowest BCUT2D eigenvalue weighted by atomic mass is 9.96. The maximum absolute atomic E-state index is 13.1. The first-order valence-electron chi connectivity index (χ1n) is 10.8. The Hall–Kier alpha value is -2.19. The minimum atomic E-state index is -3.60. The normalized spacial score (nSPS) is 19.9. The summed E-state index contributed by atoms with van der Waals surface area (Å²) in [5, 5.41) is 1.27. The number of hydrogen-bond acceptors (Lipinski definition) is 4. The van der Waals surface area contributed by atoms with Crippen LogP contribution in [0.2, 0.25) is 0 Å². The molecule has 1 unspecified atom stereocenters. The zero-order valence-electron chi connectivity index (χ0n) is 18.3. The number of aryl methyl sites for hydroxylation is 1. The molecule has 166 valence electrons. The minimum absolute atomic E-state index is 0.302. The summed E-state index contributed by atoms with van der Waals surface area (Å²) in [7, 11) is -1.94. The van der Waals surface area contributed by atoms with Gasteiger partial charge in [-0.15, -0.1) is 0 Å². The van der Waals surface area contributed by atoms with Gasteiger partial charge in [-0.1, -0.05) is 36.4 Å². The SMILES string of the molecule is CCn1cc(CN2CCC(CCOC)(NS(=O)(=O)c3ccccc3)C2)c2ccccc21. The van der Waals surface area contributed by atoms with Crippen LogP contribution in [-0.2, 0) is 27.8 Å². The number of sulfonamides is 1. The third kappa shape index (κ3) is 4.70. The van der Waals surface area contributed by atoms with Crippen LogP contribution in [0.25, 0.3) is 10.9 Å². The second-order valence-electron chi connectivity index (χ2n) is 8.36. The topological polar surface area (TPSA) is 63.6 Å². The van der Waals surface area contributed by atoms with Gasteiger partial charge in [0.25, 0.3) is 0 Å². The van der Waals surface area contributed by atoms with Gasteiger partial charge in [0, 0.05) is 62.5 Å². The molecule has 1 N–H and O–H groups in total. The van der Waals surface area contributed by atoms with E-state index in [1.807, 2.05) is 6.07 Å². The molecule has 1 aromatic heterocycles. The van der Waals surface area contributed by atoms with Gasteiger partial charge in [0.1, 0.15) is 0 Å². The van der Waals surface area contributed by atoms with Crippen LogP contribution in [0.5, 0.6) is 0 Å². The fraction of sp³-hybridized carbons (Fsp3) is 0.417. The van der Waals surface area contributed by atoms with Gasteiger partial charge in [0.2, 0.25) is 10.0 Å². The van der Waals surface area contributed by atoms with E-state index < -0.39 is 15.6 Å². The molecular weight excluding hydrogens is 410 g/mol. The lowest BCUT2D eigenvalue weighted by Gasteiger charge is -2.30. The number of fused-ring (bicyclic) bond motifs is 1. The fourth-order valence-corrected chi connectivity index (χ4v) is 6.10. The first-order valence-corrected chi connectivity index (χ1v) is 12.3. The number of benzene rings is 2. The van der Waals surface area contributed by atoms with Gasteiger partial charge < -0.3 is 9.30 Å². The number of aromatic nitrogens is 1. The number of rotatable bonds is 9. The van der Waals surface area contributed by atoms with Crippen molar-refractivity contribution < 1.29 is 13.2 Å². The predicted octanol–water partition coefficient (Wildman–Crippen LogP) is 3.62. The third-order valence-electron chi connectivity index (χ3n) is 6.23. The second-order valence-corrected chi connectivity index (χ2v) is 10.0. The van der Waals surface area contributed by atoms with E-state index in [1.54, 1.807) is 31.4 Å². The molecule has 6 nitrogen and oxygen atoms in total. The minimum Gasteiger partial charge on any atom is -0.385 e. The highest BCUT2D eigenvalue weighted by molar-refractivity contribution is 7.89. The lowest BCUT2D eigenvalue weighted by molar-refractivity contribution is 0.161. The van der Waals surface area contributed by atoms with Crippen molar-refractivity contribution in [3.05, 3.63) is 66.4 Å². The summed E-state index contributed by atoms with van der Waals surface area (Å²) in [6.45, 7) is 5.89. The summed E-state index contributed by atoms with van der Waals surface area (Å²) in [4.78, 5) is 2.65. The van der Waals surface area contributed by atoms with Crippen molar-refractivity contribution in [2.24, 2.45) is 0 Å². The van der Waals surface area contributed by atoms with Crippen molar-refractivity contribution in [1.29, 1.82) is 0 Å². The van der Waals surface area contributed by atoms with Crippen LogP contribution >= 0.6 is 0 Å². The largest absolute Gasteiger partial charge is 0.385 e. The summed E-state index contributed by atoms with van der Waals surface area (Å²) < 4.78 is 36.8. The van der Waals surface area contributed by atoms with Crippen molar-refractivity contribution in [3.8, 4) is 0 Å². The third-order valence-corrected chi connectivity index (χ3v) is 7.82. The Bertz CT molecular complexity index is 1130. The quantitative estimate of drug-likeness (QED) is 0.551. The van der Waals surface area contributed by atoms with Crippen molar-refractivity contribution in [2.75, 3.05) is 26.8 Å². The van der Waals surface area contributed by atoms with Crippen LogP contribution in [0.3, 0.4) is 0 Å².